The summed E-state index contributed by atoms with van der Waals surface area (Å²) >= 11 is 6.25. The Labute approximate surface area is 158 Å². The van der Waals surface area contributed by atoms with Crippen LogP contribution in [0.5, 0.6) is 11.5 Å². The van der Waals surface area contributed by atoms with Crippen LogP contribution in [0.3, 0.4) is 0 Å². The molecule has 0 N–H and O–H groups in total. The summed E-state index contributed by atoms with van der Waals surface area (Å²) in [4.78, 5) is 0.242. The molecule has 0 aliphatic carbocycles. The van der Waals surface area contributed by atoms with Crippen LogP contribution in [0.4, 0.5) is 0 Å². The van der Waals surface area contributed by atoms with Crippen molar-refractivity contribution in [3.63, 3.8) is 0 Å². The lowest BCUT2D eigenvalue weighted by molar-refractivity contribution is 0.0730. The molecular weight excluding hydrogens is 378 g/mol. The van der Waals surface area contributed by atoms with Gasteiger partial charge in [0.15, 0.2) is 0 Å². The first kappa shape index (κ1) is 19.0. The molecule has 2 aromatic rings. The van der Waals surface area contributed by atoms with Gasteiger partial charge in [-0.1, -0.05) is 23.7 Å². The molecule has 0 unspecified atom stereocenters. The number of methoxy groups -OCH3 is 1. The van der Waals surface area contributed by atoms with Crippen molar-refractivity contribution in [2.75, 3.05) is 33.4 Å². The van der Waals surface area contributed by atoms with Gasteiger partial charge in [0.2, 0.25) is 10.0 Å². The van der Waals surface area contributed by atoms with Crippen molar-refractivity contribution in [1.82, 2.24) is 4.31 Å². The molecule has 0 aromatic heterocycles. The van der Waals surface area contributed by atoms with Gasteiger partial charge in [-0.25, -0.2) is 8.42 Å². The number of ether oxygens (including phenoxy) is 3. The second-order valence-corrected chi connectivity index (χ2v) is 8.03. The maximum atomic E-state index is 12.6. The summed E-state index contributed by atoms with van der Waals surface area (Å²) in [5, 5.41) is 0.501. The Bertz CT molecular complexity index is 848. The van der Waals surface area contributed by atoms with E-state index in [2.05, 4.69) is 0 Å². The smallest absolute Gasteiger partial charge is 0.243 e. The van der Waals surface area contributed by atoms with E-state index in [0.717, 1.165) is 5.56 Å². The van der Waals surface area contributed by atoms with Crippen LogP contribution in [0.25, 0.3) is 0 Å². The molecule has 1 aliphatic heterocycles. The van der Waals surface area contributed by atoms with Crippen LogP contribution in [-0.4, -0.2) is 46.1 Å². The highest BCUT2D eigenvalue weighted by Crippen LogP contribution is 2.29. The number of benzene rings is 2. The van der Waals surface area contributed by atoms with E-state index in [9.17, 15) is 8.42 Å². The van der Waals surface area contributed by atoms with Crippen molar-refractivity contribution in [1.29, 1.82) is 0 Å². The summed E-state index contributed by atoms with van der Waals surface area (Å²) in [6.07, 6.45) is 0. The number of sulfonamides is 1. The number of nitrogens with zero attached hydrogens (tertiary/aromatic N) is 1. The zero-order chi connectivity index (χ0) is 18.6. The summed E-state index contributed by atoms with van der Waals surface area (Å²) in [7, 11) is -1.95. The van der Waals surface area contributed by atoms with Crippen LogP contribution in [-0.2, 0) is 21.4 Å². The van der Waals surface area contributed by atoms with E-state index in [0.29, 0.717) is 42.8 Å². The Morgan fingerprint density at radius 3 is 2.46 bits per heavy atom. The Hall–Kier alpha value is -1.80. The van der Waals surface area contributed by atoms with Crippen molar-refractivity contribution < 1.29 is 22.6 Å². The molecule has 2 aromatic carbocycles. The molecule has 3 rings (SSSR count). The molecule has 1 aliphatic rings. The molecular formula is C18H20ClNO5S. The molecule has 8 heteroatoms. The van der Waals surface area contributed by atoms with Crippen LogP contribution < -0.4 is 9.47 Å². The van der Waals surface area contributed by atoms with Gasteiger partial charge in [-0.3, -0.25) is 0 Å². The molecule has 0 saturated carbocycles. The van der Waals surface area contributed by atoms with Crippen molar-refractivity contribution >= 4 is 21.6 Å². The van der Waals surface area contributed by atoms with Crippen LogP contribution in [0, 0.1) is 0 Å². The summed E-state index contributed by atoms with van der Waals surface area (Å²) in [5.74, 6) is 1.14. The quantitative estimate of drug-likeness (QED) is 0.749. The Kier molecular flexibility index (Phi) is 6.03. The normalized spacial score (nSPS) is 15.6. The molecule has 1 heterocycles. The average Bonchev–Trinajstić information content (AvgIpc) is 2.68. The van der Waals surface area contributed by atoms with Crippen molar-refractivity contribution in [3.8, 4) is 11.5 Å². The van der Waals surface area contributed by atoms with Gasteiger partial charge >= 0.3 is 0 Å². The largest absolute Gasteiger partial charge is 0.495 e. The Morgan fingerprint density at radius 2 is 1.81 bits per heavy atom. The van der Waals surface area contributed by atoms with Crippen LogP contribution in [0.2, 0.25) is 5.02 Å². The highest BCUT2D eigenvalue weighted by atomic mass is 35.5. The minimum atomic E-state index is -3.50. The minimum Gasteiger partial charge on any atom is -0.495 e. The first-order valence-corrected chi connectivity index (χ1v) is 9.96. The number of hydrogen-bond donors (Lipinski definition) is 0. The van der Waals surface area contributed by atoms with Crippen LogP contribution in [0.1, 0.15) is 5.56 Å². The van der Waals surface area contributed by atoms with Gasteiger partial charge in [-0.2, -0.15) is 4.31 Å². The maximum Gasteiger partial charge on any atom is 0.243 e. The van der Waals surface area contributed by atoms with Gasteiger partial charge in [-0.05, 0) is 30.3 Å². The predicted molar refractivity (Wildman–Crippen MR) is 98.4 cm³/mol. The third kappa shape index (κ3) is 4.12. The summed E-state index contributed by atoms with van der Waals surface area (Å²) in [6.45, 7) is 1.83. The molecule has 0 spiro atoms. The van der Waals surface area contributed by atoms with Gasteiger partial charge in [0.25, 0.3) is 0 Å². The van der Waals surface area contributed by atoms with E-state index in [1.54, 1.807) is 37.4 Å². The maximum absolute atomic E-state index is 12.6. The highest BCUT2D eigenvalue weighted by molar-refractivity contribution is 7.89. The molecule has 0 bridgehead atoms. The zero-order valence-electron chi connectivity index (χ0n) is 14.4. The first-order valence-electron chi connectivity index (χ1n) is 8.14. The second-order valence-electron chi connectivity index (χ2n) is 5.71. The van der Waals surface area contributed by atoms with Crippen molar-refractivity contribution in [3.05, 3.63) is 53.1 Å². The van der Waals surface area contributed by atoms with E-state index in [-0.39, 0.29) is 11.5 Å². The predicted octanol–water partition coefficient (Wildman–Crippen LogP) is 2.95. The molecule has 1 fully saturated rings. The van der Waals surface area contributed by atoms with E-state index in [1.807, 2.05) is 12.1 Å². The molecule has 0 amide bonds. The molecule has 1 saturated heterocycles. The summed E-state index contributed by atoms with van der Waals surface area (Å²) < 4.78 is 42.7. The third-order valence-corrected chi connectivity index (χ3v) is 6.43. The monoisotopic (exact) mass is 397 g/mol. The molecule has 0 atom stereocenters. The lowest BCUT2D eigenvalue weighted by atomic mass is 10.2. The first-order chi connectivity index (χ1) is 12.5. The second kappa shape index (κ2) is 8.26. The molecule has 0 radical (unpaired) electrons. The standard InChI is InChI=1S/C18H20ClNO5S/c1-23-17-4-2-3-14(18(17)19)13-25-15-5-7-16(8-6-15)26(21,22)20-9-11-24-12-10-20/h2-8H,9-13H2,1H3. The summed E-state index contributed by atoms with van der Waals surface area (Å²) in [5.41, 5.74) is 0.788. The van der Waals surface area contributed by atoms with E-state index < -0.39 is 10.0 Å². The zero-order valence-corrected chi connectivity index (χ0v) is 15.9. The van der Waals surface area contributed by atoms with Gasteiger partial charge in [0.1, 0.15) is 18.1 Å². The Balaban J connectivity index is 1.68. The fourth-order valence-corrected chi connectivity index (χ4v) is 4.30. The van der Waals surface area contributed by atoms with Gasteiger partial charge in [-0.15, -0.1) is 0 Å². The van der Waals surface area contributed by atoms with Gasteiger partial charge in [0, 0.05) is 18.7 Å². The van der Waals surface area contributed by atoms with Crippen LogP contribution >= 0.6 is 11.6 Å². The summed E-state index contributed by atoms with van der Waals surface area (Å²) in [6, 6.07) is 11.8. The van der Waals surface area contributed by atoms with Crippen molar-refractivity contribution in [2.45, 2.75) is 11.5 Å². The number of halogens is 1. The van der Waals surface area contributed by atoms with Gasteiger partial charge < -0.3 is 14.2 Å². The lowest BCUT2D eigenvalue weighted by Gasteiger charge is -2.26. The lowest BCUT2D eigenvalue weighted by Crippen LogP contribution is -2.40. The third-order valence-electron chi connectivity index (χ3n) is 4.09. The Morgan fingerprint density at radius 1 is 1.12 bits per heavy atom. The van der Waals surface area contributed by atoms with Crippen LogP contribution in [0.15, 0.2) is 47.4 Å². The van der Waals surface area contributed by atoms with E-state index in [1.165, 1.54) is 4.31 Å². The molecule has 140 valence electrons. The average molecular weight is 398 g/mol. The minimum absolute atomic E-state index is 0.242. The number of rotatable bonds is 6. The highest BCUT2D eigenvalue weighted by Gasteiger charge is 2.26. The topological polar surface area (TPSA) is 65.1 Å². The fourth-order valence-electron chi connectivity index (χ4n) is 2.63. The number of hydrogen-bond acceptors (Lipinski definition) is 5. The van der Waals surface area contributed by atoms with Crippen molar-refractivity contribution in [2.24, 2.45) is 0 Å². The van der Waals surface area contributed by atoms with E-state index >= 15 is 0 Å². The molecule has 6 nitrogen and oxygen atoms in total. The number of morpholine rings is 1. The van der Waals surface area contributed by atoms with E-state index in [4.69, 9.17) is 25.8 Å². The van der Waals surface area contributed by atoms with Gasteiger partial charge in [0.05, 0.1) is 30.2 Å². The fraction of sp³-hybridized carbons (Fsp3) is 0.333. The SMILES string of the molecule is COc1cccc(COc2ccc(S(=O)(=O)N3CCOCC3)cc2)c1Cl. The molecule has 26 heavy (non-hydrogen) atoms.